The minimum atomic E-state index is -0.861. The van der Waals surface area contributed by atoms with Gasteiger partial charge in [-0.2, -0.15) is 0 Å². The number of hydrogen-bond acceptors (Lipinski definition) is 2. The second-order valence-corrected chi connectivity index (χ2v) is 5.07. The van der Waals surface area contributed by atoms with Crippen molar-refractivity contribution in [2.75, 3.05) is 5.32 Å². The van der Waals surface area contributed by atoms with Crippen molar-refractivity contribution in [3.8, 4) is 0 Å². The van der Waals surface area contributed by atoms with Crippen LogP contribution in [0, 0.1) is 0 Å². The highest BCUT2D eigenvalue weighted by molar-refractivity contribution is 5.57. The molecule has 2 nitrogen and oxygen atoms in total. The molecule has 0 spiro atoms. The third kappa shape index (κ3) is 1.79. The van der Waals surface area contributed by atoms with Crippen molar-refractivity contribution >= 4 is 5.69 Å². The lowest BCUT2D eigenvalue weighted by Crippen LogP contribution is -2.40. The first kappa shape index (κ1) is 11.3. The van der Waals surface area contributed by atoms with Crippen LogP contribution in [0.1, 0.15) is 18.1 Å². The van der Waals surface area contributed by atoms with Crippen LogP contribution in [0.15, 0.2) is 54.6 Å². The molecule has 2 aromatic rings. The normalized spacial score (nSPS) is 20.9. The molecule has 0 radical (unpaired) electrons. The average Bonchev–Trinajstić information content (AvgIpc) is 2.84. The van der Waals surface area contributed by atoms with Gasteiger partial charge < -0.3 is 10.4 Å². The van der Waals surface area contributed by atoms with Gasteiger partial charge in [-0.3, -0.25) is 0 Å². The van der Waals surface area contributed by atoms with Gasteiger partial charge >= 0.3 is 0 Å². The van der Waals surface area contributed by atoms with E-state index < -0.39 is 5.60 Å². The molecule has 0 aromatic heterocycles. The fourth-order valence-corrected chi connectivity index (χ4v) is 2.61. The van der Waals surface area contributed by atoms with E-state index in [1.54, 1.807) is 0 Å². The van der Waals surface area contributed by atoms with Gasteiger partial charge in [-0.1, -0.05) is 48.5 Å². The number of anilines is 1. The Kier molecular flexibility index (Phi) is 2.60. The van der Waals surface area contributed by atoms with E-state index in [2.05, 4.69) is 17.4 Å². The van der Waals surface area contributed by atoms with E-state index in [1.165, 1.54) is 5.56 Å². The van der Waals surface area contributed by atoms with Crippen LogP contribution >= 0.6 is 0 Å². The molecular weight excluding hydrogens is 222 g/mol. The quantitative estimate of drug-likeness (QED) is 0.844. The third-order valence-electron chi connectivity index (χ3n) is 3.81. The van der Waals surface area contributed by atoms with Crippen LogP contribution in [-0.4, -0.2) is 11.1 Å². The number of benzene rings is 2. The summed E-state index contributed by atoms with van der Waals surface area (Å²) in [5.74, 6) is 0. The third-order valence-corrected chi connectivity index (χ3v) is 3.81. The van der Waals surface area contributed by atoms with Crippen LogP contribution < -0.4 is 5.32 Å². The molecule has 0 saturated heterocycles. The van der Waals surface area contributed by atoms with E-state index in [1.807, 2.05) is 49.4 Å². The first-order chi connectivity index (χ1) is 8.68. The topological polar surface area (TPSA) is 32.3 Å². The molecule has 0 saturated carbocycles. The SMILES string of the molecule is CC(O)(c1ccccc1)C1Cc2ccccc2N1. The summed E-state index contributed by atoms with van der Waals surface area (Å²) in [6.07, 6.45) is 0.859. The highest BCUT2D eigenvalue weighted by Crippen LogP contribution is 2.35. The van der Waals surface area contributed by atoms with Crippen molar-refractivity contribution in [1.29, 1.82) is 0 Å². The number of rotatable bonds is 2. The van der Waals surface area contributed by atoms with Gasteiger partial charge in [0.15, 0.2) is 0 Å². The molecule has 1 aliphatic rings. The smallest absolute Gasteiger partial charge is 0.107 e. The number of nitrogens with one attached hydrogen (secondary N) is 1. The number of para-hydroxylation sites is 1. The summed E-state index contributed by atoms with van der Waals surface area (Å²) < 4.78 is 0. The Hall–Kier alpha value is -1.80. The molecule has 92 valence electrons. The largest absolute Gasteiger partial charge is 0.383 e. The van der Waals surface area contributed by atoms with E-state index >= 15 is 0 Å². The first-order valence-corrected chi connectivity index (χ1v) is 6.30. The highest BCUT2D eigenvalue weighted by Gasteiger charge is 2.37. The van der Waals surface area contributed by atoms with Crippen LogP contribution in [0.25, 0.3) is 0 Å². The van der Waals surface area contributed by atoms with Crippen LogP contribution in [0.3, 0.4) is 0 Å². The Morgan fingerprint density at radius 3 is 2.44 bits per heavy atom. The molecule has 2 N–H and O–H groups in total. The minimum Gasteiger partial charge on any atom is -0.383 e. The van der Waals surface area contributed by atoms with Gasteiger partial charge in [0.25, 0.3) is 0 Å². The lowest BCUT2D eigenvalue weighted by Gasteiger charge is -2.31. The Balaban J connectivity index is 1.90. The molecule has 1 heterocycles. The number of hydrogen-bond donors (Lipinski definition) is 2. The fourth-order valence-electron chi connectivity index (χ4n) is 2.61. The Labute approximate surface area is 107 Å². The van der Waals surface area contributed by atoms with Crippen molar-refractivity contribution in [2.45, 2.75) is 25.0 Å². The van der Waals surface area contributed by atoms with Gasteiger partial charge in [0, 0.05) is 5.69 Å². The van der Waals surface area contributed by atoms with Crippen LogP contribution in [0.4, 0.5) is 5.69 Å². The Bertz CT molecular complexity index is 523. The first-order valence-electron chi connectivity index (χ1n) is 6.30. The molecule has 0 fully saturated rings. The second kappa shape index (κ2) is 4.14. The van der Waals surface area contributed by atoms with Crippen molar-refractivity contribution < 1.29 is 5.11 Å². The Morgan fingerprint density at radius 2 is 1.72 bits per heavy atom. The molecule has 2 atom stereocenters. The van der Waals surface area contributed by atoms with Crippen LogP contribution in [-0.2, 0) is 12.0 Å². The predicted molar refractivity (Wildman–Crippen MR) is 73.6 cm³/mol. The van der Waals surface area contributed by atoms with E-state index in [0.717, 1.165) is 17.7 Å². The molecule has 1 aliphatic heterocycles. The fraction of sp³-hybridized carbons (Fsp3) is 0.250. The zero-order valence-electron chi connectivity index (χ0n) is 10.4. The average molecular weight is 239 g/mol. The standard InChI is InChI=1S/C16H17NO/c1-16(18,13-8-3-2-4-9-13)15-11-12-7-5-6-10-14(12)17-15/h2-10,15,17-18H,11H2,1H3. The van der Waals surface area contributed by atoms with Gasteiger partial charge in [0.1, 0.15) is 5.60 Å². The molecule has 0 aliphatic carbocycles. The summed E-state index contributed by atoms with van der Waals surface area (Å²) in [6.45, 7) is 1.88. The van der Waals surface area contributed by atoms with Crippen molar-refractivity contribution in [2.24, 2.45) is 0 Å². The molecular formula is C16H17NO. The predicted octanol–water partition coefficient (Wildman–Crippen LogP) is 2.93. The van der Waals surface area contributed by atoms with Crippen molar-refractivity contribution in [1.82, 2.24) is 0 Å². The summed E-state index contributed by atoms with van der Waals surface area (Å²) in [5, 5.41) is 14.2. The molecule has 0 bridgehead atoms. The maximum atomic E-state index is 10.8. The molecule has 0 amide bonds. The van der Waals surface area contributed by atoms with Gasteiger partial charge in [0.05, 0.1) is 6.04 Å². The summed E-state index contributed by atoms with van der Waals surface area (Å²) in [7, 11) is 0. The summed E-state index contributed by atoms with van der Waals surface area (Å²) >= 11 is 0. The van der Waals surface area contributed by atoms with E-state index in [9.17, 15) is 5.11 Å². The van der Waals surface area contributed by atoms with Crippen LogP contribution in [0.5, 0.6) is 0 Å². The maximum Gasteiger partial charge on any atom is 0.107 e. The monoisotopic (exact) mass is 239 g/mol. The molecule has 2 aromatic carbocycles. The van der Waals surface area contributed by atoms with Crippen molar-refractivity contribution in [3.05, 3.63) is 65.7 Å². The van der Waals surface area contributed by atoms with E-state index in [-0.39, 0.29) is 6.04 Å². The lowest BCUT2D eigenvalue weighted by molar-refractivity contribution is 0.0381. The minimum absolute atomic E-state index is 0.0253. The zero-order valence-corrected chi connectivity index (χ0v) is 10.4. The Morgan fingerprint density at radius 1 is 1.06 bits per heavy atom. The second-order valence-electron chi connectivity index (χ2n) is 5.07. The van der Waals surface area contributed by atoms with Gasteiger partial charge in [-0.05, 0) is 30.5 Å². The van der Waals surface area contributed by atoms with Crippen LogP contribution in [0.2, 0.25) is 0 Å². The maximum absolute atomic E-state index is 10.8. The molecule has 2 unspecified atom stereocenters. The number of aliphatic hydroxyl groups is 1. The van der Waals surface area contributed by atoms with Crippen molar-refractivity contribution in [3.63, 3.8) is 0 Å². The molecule has 2 heteroatoms. The summed E-state index contributed by atoms with van der Waals surface area (Å²) in [6, 6.07) is 18.1. The van der Waals surface area contributed by atoms with E-state index in [0.29, 0.717) is 0 Å². The lowest BCUT2D eigenvalue weighted by atomic mass is 9.87. The molecule has 3 rings (SSSR count). The molecule has 18 heavy (non-hydrogen) atoms. The summed E-state index contributed by atoms with van der Waals surface area (Å²) in [4.78, 5) is 0. The number of fused-ring (bicyclic) bond motifs is 1. The van der Waals surface area contributed by atoms with E-state index in [4.69, 9.17) is 0 Å². The summed E-state index contributed by atoms with van der Waals surface area (Å²) in [5.41, 5.74) is 2.51. The van der Waals surface area contributed by atoms with Gasteiger partial charge in [-0.15, -0.1) is 0 Å². The zero-order chi connectivity index (χ0) is 12.6. The van der Waals surface area contributed by atoms with Gasteiger partial charge in [-0.25, -0.2) is 0 Å². The van der Waals surface area contributed by atoms with Gasteiger partial charge in [0.2, 0.25) is 0 Å². The highest BCUT2D eigenvalue weighted by atomic mass is 16.3.